The molecule has 13 heteroatoms. The van der Waals surface area contributed by atoms with E-state index in [1.165, 1.54) is 38.1 Å². The molecule has 3 aromatic rings. The fourth-order valence-electron chi connectivity index (χ4n) is 4.49. The number of rotatable bonds is 9. The maximum absolute atomic E-state index is 13.1. The first-order chi connectivity index (χ1) is 18.8. The maximum Gasteiger partial charge on any atom is 0.413 e. The number of thioether (sulfide) groups is 1. The minimum absolute atomic E-state index is 0.180. The van der Waals surface area contributed by atoms with Gasteiger partial charge in [-0.25, -0.2) is 4.79 Å². The Balaban J connectivity index is 1.74. The van der Waals surface area contributed by atoms with Crippen molar-refractivity contribution in [1.82, 2.24) is 5.32 Å². The number of hydrogen-bond acceptors (Lipinski definition) is 11. The zero-order valence-corrected chi connectivity index (χ0v) is 23.2. The molecule has 1 aromatic heterocycles. The highest BCUT2D eigenvalue weighted by molar-refractivity contribution is 7.98. The van der Waals surface area contributed by atoms with Crippen LogP contribution in [0.4, 0.5) is 4.79 Å². The highest BCUT2D eigenvalue weighted by Crippen LogP contribution is 2.50. The number of ether oxygens (including phenoxy) is 4. The number of nitrogens with one attached hydrogen (secondary N) is 1. The Hall–Kier alpha value is -3.97. The summed E-state index contributed by atoms with van der Waals surface area (Å²) >= 11 is 2.39. The third-order valence-corrected chi connectivity index (χ3v) is 7.87. The van der Waals surface area contributed by atoms with Gasteiger partial charge in [0.15, 0.2) is 22.0 Å². The van der Waals surface area contributed by atoms with Crippen molar-refractivity contribution in [3.8, 4) is 33.4 Å². The molecular weight excluding hydrogens is 548 g/mol. The van der Waals surface area contributed by atoms with E-state index in [4.69, 9.17) is 18.9 Å². The molecule has 1 heterocycles. The third kappa shape index (κ3) is 6.04. The number of fused-ring (bicyclic) bond motifs is 3. The Labute approximate surface area is 232 Å². The highest BCUT2D eigenvalue weighted by atomic mass is 32.2. The number of aryl methyl sites for hydroxylation is 1. The van der Waals surface area contributed by atoms with Crippen molar-refractivity contribution in [2.45, 2.75) is 30.4 Å². The van der Waals surface area contributed by atoms with Crippen molar-refractivity contribution in [3.63, 3.8) is 0 Å². The summed E-state index contributed by atoms with van der Waals surface area (Å²) in [7, 11) is 4.61. The van der Waals surface area contributed by atoms with E-state index in [2.05, 4.69) is 10.2 Å². The van der Waals surface area contributed by atoms with Gasteiger partial charge in [-0.1, -0.05) is 6.07 Å². The molecule has 39 heavy (non-hydrogen) atoms. The van der Waals surface area contributed by atoms with Crippen molar-refractivity contribution in [2.24, 2.45) is 0 Å². The lowest BCUT2D eigenvalue weighted by Crippen LogP contribution is -2.31. The summed E-state index contributed by atoms with van der Waals surface area (Å²) in [6.45, 7) is -0.244. The molecule has 1 amide bonds. The van der Waals surface area contributed by atoms with Crippen LogP contribution in [0.2, 0.25) is 0 Å². The van der Waals surface area contributed by atoms with E-state index in [1.54, 1.807) is 19.2 Å². The van der Waals surface area contributed by atoms with Gasteiger partial charge in [-0.2, -0.15) is 0 Å². The molecule has 2 aromatic carbocycles. The zero-order valence-electron chi connectivity index (χ0n) is 21.6. The lowest BCUT2D eigenvalue weighted by molar-refractivity contribution is -0.762. The van der Waals surface area contributed by atoms with Gasteiger partial charge < -0.3 is 29.1 Å². The predicted molar refractivity (Wildman–Crippen MR) is 146 cm³/mol. The van der Waals surface area contributed by atoms with Crippen LogP contribution >= 0.6 is 23.1 Å². The molecule has 0 bridgehead atoms. The average molecular weight is 575 g/mol. The normalized spacial score (nSPS) is 13.8. The summed E-state index contributed by atoms with van der Waals surface area (Å²) in [4.78, 5) is 41.9. The number of carbonyl (C=O) groups excluding carboxylic acids is 1. The Kier molecular flexibility index (Phi) is 8.82. The van der Waals surface area contributed by atoms with Gasteiger partial charge in [0.25, 0.3) is 5.09 Å². The van der Waals surface area contributed by atoms with Crippen LogP contribution in [-0.4, -0.2) is 38.8 Å². The monoisotopic (exact) mass is 574 g/mol. The minimum Gasteiger partial charge on any atom is -0.493 e. The molecule has 4 rings (SSSR count). The molecule has 0 radical (unpaired) electrons. The summed E-state index contributed by atoms with van der Waals surface area (Å²) in [5.74, 6) is 1.39. The number of amides is 1. The molecule has 1 aliphatic rings. The second-order valence-electron chi connectivity index (χ2n) is 8.30. The molecule has 0 saturated heterocycles. The van der Waals surface area contributed by atoms with Gasteiger partial charge in [-0.05, 0) is 66.1 Å². The van der Waals surface area contributed by atoms with Crippen LogP contribution in [0.1, 0.15) is 28.5 Å². The van der Waals surface area contributed by atoms with Crippen molar-refractivity contribution in [2.75, 3.05) is 27.6 Å². The van der Waals surface area contributed by atoms with Crippen molar-refractivity contribution < 1.29 is 33.7 Å². The van der Waals surface area contributed by atoms with E-state index in [9.17, 15) is 19.7 Å². The SMILES string of the molecule is COc1cc2c(c(OC)c1OC)-c1ccc(SC)c(=O)cc1[C@@H](NC(=O)Oc1ccc(CO[N+](=O)[O-])s1)CC2. The third-order valence-electron chi connectivity index (χ3n) is 6.16. The number of carbonyl (C=O) groups is 1. The van der Waals surface area contributed by atoms with Gasteiger partial charge in [0.05, 0.1) is 32.3 Å². The fourth-order valence-corrected chi connectivity index (χ4v) is 5.71. The minimum atomic E-state index is -0.888. The van der Waals surface area contributed by atoms with E-state index < -0.39 is 17.2 Å². The maximum atomic E-state index is 13.1. The van der Waals surface area contributed by atoms with E-state index in [1.807, 2.05) is 18.4 Å². The zero-order chi connectivity index (χ0) is 28.1. The molecule has 0 fully saturated rings. The second kappa shape index (κ2) is 12.3. The summed E-state index contributed by atoms with van der Waals surface area (Å²) < 4.78 is 22.4. The number of nitrogens with zero attached hydrogens (tertiary/aromatic N) is 1. The van der Waals surface area contributed by atoms with E-state index in [0.717, 1.165) is 22.5 Å². The molecule has 0 spiro atoms. The van der Waals surface area contributed by atoms with Crippen molar-refractivity contribution >= 4 is 29.2 Å². The molecule has 11 nitrogen and oxygen atoms in total. The Morgan fingerprint density at radius 1 is 1.13 bits per heavy atom. The second-order valence-corrected chi connectivity index (χ2v) is 10.3. The Morgan fingerprint density at radius 2 is 1.90 bits per heavy atom. The van der Waals surface area contributed by atoms with Crippen LogP contribution in [0.5, 0.6) is 22.3 Å². The van der Waals surface area contributed by atoms with Crippen LogP contribution in [0.15, 0.2) is 46.1 Å². The molecule has 1 N–H and O–H groups in total. The molecule has 1 atom stereocenters. The van der Waals surface area contributed by atoms with Gasteiger partial charge in [-0.3, -0.25) is 4.79 Å². The van der Waals surface area contributed by atoms with Crippen molar-refractivity contribution in [1.29, 1.82) is 0 Å². The Bertz CT molecular complexity index is 1460. The van der Waals surface area contributed by atoms with E-state index in [0.29, 0.717) is 51.0 Å². The summed E-state index contributed by atoms with van der Waals surface area (Å²) in [6, 6.07) is 9.55. The van der Waals surface area contributed by atoms with Gasteiger partial charge in [0.1, 0.15) is 6.61 Å². The summed E-state index contributed by atoms with van der Waals surface area (Å²) in [5.41, 5.74) is 2.78. The molecule has 0 aliphatic heterocycles. The van der Waals surface area contributed by atoms with Gasteiger partial charge >= 0.3 is 6.09 Å². The number of thiophene rings is 1. The van der Waals surface area contributed by atoms with Gasteiger partial charge in [0, 0.05) is 10.4 Å². The lowest BCUT2D eigenvalue weighted by Gasteiger charge is -2.19. The topological polar surface area (TPSA) is 135 Å². The Morgan fingerprint density at radius 3 is 2.56 bits per heavy atom. The molecule has 1 aliphatic carbocycles. The largest absolute Gasteiger partial charge is 0.493 e. The molecule has 0 unspecified atom stereocenters. The van der Waals surface area contributed by atoms with Crippen LogP contribution in [-0.2, 0) is 17.9 Å². The molecule has 0 saturated carbocycles. The van der Waals surface area contributed by atoms with Crippen LogP contribution in [0.3, 0.4) is 0 Å². The highest BCUT2D eigenvalue weighted by Gasteiger charge is 2.30. The molecular formula is C26H26N2O9S2. The number of methoxy groups -OCH3 is 3. The summed E-state index contributed by atoms with van der Waals surface area (Å²) in [6.07, 6.45) is 2.08. The van der Waals surface area contributed by atoms with E-state index in [-0.39, 0.29) is 17.1 Å². The first-order valence-corrected chi connectivity index (χ1v) is 13.7. The predicted octanol–water partition coefficient (Wildman–Crippen LogP) is 5.01. The van der Waals surface area contributed by atoms with E-state index >= 15 is 0 Å². The standard InChI is InChI=1S/C26H26N2O9S2/c1-33-20-11-14-5-8-18(27-26(30)37-22-10-6-15(39-22)13-36-28(31)32)17-12-19(29)21(38-4)9-7-16(17)23(14)25(35-3)24(20)34-2/h6-7,9-12,18H,5,8,13H2,1-4H3,(H,27,30)/t18-/m0/s1. The van der Waals surface area contributed by atoms with Crippen LogP contribution < -0.4 is 29.7 Å². The first-order valence-electron chi connectivity index (χ1n) is 11.7. The average Bonchev–Trinajstić information content (AvgIpc) is 3.23. The fraction of sp³-hybridized carbons (Fsp3) is 0.308. The van der Waals surface area contributed by atoms with Crippen LogP contribution in [0, 0.1) is 10.1 Å². The smallest absolute Gasteiger partial charge is 0.413 e. The van der Waals surface area contributed by atoms with Gasteiger partial charge in [0.2, 0.25) is 5.75 Å². The molecule has 206 valence electrons. The summed E-state index contributed by atoms with van der Waals surface area (Å²) in [5, 5.41) is 12.7. The number of hydrogen-bond donors (Lipinski definition) is 1. The van der Waals surface area contributed by atoms with Crippen molar-refractivity contribution in [3.05, 3.63) is 72.7 Å². The first kappa shape index (κ1) is 28.0. The van der Waals surface area contributed by atoms with Gasteiger partial charge in [-0.15, -0.1) is 33.2 Å². The lowest BCUT2D eigenvalue weighted by atomic mass is 9.95. The quantitative estimate of drug-likeness (QED) is 0.211. The number of benzene rings is 1. The van der Waals surface area contributed by atoms with Crippen LogP contribution in [0.25, 0.3) is 11.1 Å².